The number of thioether (sulfide) groups is 1. The Hall–Kier alpha value is -2.86. The van der Waals surface area contributed by atoms with Crippen molar-refractivity contribution in [2.24, 2.45) is 0 Å². The number of carbonyl (C=O) groups is 1. The molecule has 1 saturated heterocycles. The van der Waals surface area contributed by atoms with Crippen molar-refractivity contribution in [3.63, 3.8) is 0 Å². The van der Waals surface area contributed by atoms with Gasteiger partial charge in [-0.25, -0.2) is 0 Å². The maximum atomic E-state index is 12.4. The van der Waals surface area contributed by atoms with Crippen LogP contribution in [0.4, 0.5) is 0 Å². The Balaban J connectivity index is 1.29. The molecular weight excluding hydrogens is 368 g/mol. The fourth-order valence-corrected chi connectivity index (χ4v) is 4.66. The van der Waals surface area contributed by atoms with Gasteiger partial charge in [-0.05, 0) is 41.5 Å². The van der Waals surface area contributed by atoms with Gasteiger partial charge in [-0.1, -0.05) is 42.5 Å². The van der Waals surface area contributed by atoms with Crippen LogP contribution in [0, 0.1) is 0 Å². The van der Waals surface area contributed by atoms with Gasteiger partial charge in [0.2, 0.25) is 5.91 Å². The number of fused-ring (bicyclic) bond motifs is 2. The van der Waals surface area contributed by atoms with Crippen molar-refractivity contribution in [1.29, 1.82) is 0 Å². The first-order valence-electron chi connectivity index (χ1n) is 9.50. The maximum Gasteiger partial charge on any atom is 0.224 e. The zero-order chi connectivity index (χ0) is 18.9. The van der Waals surface area contributed by atoms with E-state index in [1.54, 1.807) is 16.6 Å². The lowest BCUT2D eigenvalue weighted by molar-refractivity contribution is -0.130. The molecule has 4 aromatic rings. The van der Waals surface area contributed by atoms with Gasteiger partial charge >= 0.3 is 0 Å². The molecule has 1 unspecified atom stereocenters. The molecular formula is C22H20N4OS. The molecule has 28 heavy (non-hydrogen) atoms. The molecule has 1 aliphatic heterocycles. The third-order valence-corrected chi connectivity index (χ3v) is 6.16. The van der Waals surface area contributed by atoms with Gasteiger partial charge in [-0.2, -0.15) is 15.0 Å². The fourth-order valence-electron chi connectivity index (χ4n) is 3.76. The fraction of sp³-hybridized carbons (Fsp3) is 0.227. The van der Waals surface area contributed by atoms with Crippen LogP contribution in [-0.4, -0.2) is 38.1 Å². The Morgan fingerprint density at radius 3 is 2.43 bits per heavy atom. The number of nitrogens with zero attached hydrogens (tertiary/aromatic N) is 4. The topological polar surface area (TPSA) is 51.0 Å². The van der Waals surface area contributed by atoms with Crippen molar-refractivity contribution < 1.29 is 4.79 Å². The predicted molar refractivity (Wildman–Crippen MR) is 112 cm³/mol. The summed E-state index contributed by atoms with van der Waals surface area (Å²) >= 11 is 1.78. The summed E-state index contributed by atoms with van der Waals surface area (Å²) < 4.78 is 0. The van der Waals surface area contributed by atoms with Gasteiger partial charge in [0.15, 0.2) is 0 Å². The quantitative estimate of drug-likeness (QED) is 0.473. The first kappa shape index (κ1) is 17.3. The number of likely N-dealkylation sites (tertiary alicyclic amines) is 1. The highest BCUT2D eigenvalue weighted by atomic mass is 32.2. The summed E-state index contributed by atoms with van der Waals surface area (Å²) in [4.78, 5) is 17.3. The number of carbonyl (C=O) groups excluding carboxylic acids is 1. The third-order valence-electron chi connectivity index (χ3n) is 5.19. The van der Waals surface area contributed by atoms with Crippen LogP contribution in [0.1, 0.15) is 19.0 Å². The standard InChI is InChI=1S/C22H20N4OS/c27-22-12-11-21(26-23-19-7-3-4-8-20(19)24-26)25(22)13-14-28-18-10-9-16-5-1-2-6-17(16)15-18/h1-10,15,21H,11-14H2. The van der Waals surface area contributed by atoms with E-state index in [1.165, 1.54) is 15.7 Å². The lowest BCUT2D eigenvalue weighted by atomic mass is 10.1. The second-order valence-corrected chi connectivity index (χ2v) is 8.14. The number of aromatic nitrogens is 3. The molecule has 140 valence electrons. The summed E-state index contributed by atoms with van der Waals surface area (Å²) in [5.74, 6) is 1.03. The van der Waals surface area contributed by atoms with E-state index in [1.807, 2.05) is 29.2 Å². The summed E-state index contributed by atoms with van der Waals surface area (Å²) in [6.45, 7) is 0.693. The summed E-state index contributed by atoms with van der Waals surface area (Å²) in [6, 6.07) is 22.7. The van der Waals surface area contributed by atoms with Crippen molar-refractivity contribution in [2.45, 2.75) is 23.9 Å². The van der Waals surface area contributed by atoms with E-state index in [4.69, 9.17) is 0 Å². The van der Waals surface area contributed by atoms with Crippen LogP contribution >= 0.6 is 11.8 Å². The molecule has 1 aromatic heterocycles. The highest BCUT2D eigenvalue weighted by Crippen LogP contribution is 2.29. The Morgan fingerprint density at radius 2 is 1.64 bits per heavy atom. The van der Waals surface area contributed by atoms with E-state index in [0.29, 0.717) is 13.0 Å². The van der Waals surface area contributed by atoms with Crippen LogP contribution in [0.15, 0.2) is 71.6 Å². The van der Waals surface area contributed by atoms with Crippen molar-refractivity contribution >= 4 is 39.5 Å². The Kier molecular flexibility index (Phi) is 4.49. The Morgan fingerprint density at radius 1 is 0.929 bits per heavy atom. The van der Waals surface area contributed by atoms with Gasteiger partial charge in [-0.15, -0.1) is 11.8 Å². The molecule has 0 bridgehead atoms. The summed E-state index contributed by atoms with van der Waals surface area (Å²) in [5.41, 5.74) is 1.74. The third kappa shape index (κ3) is 3.24. The van der Waals surface area contributed by atoms with Crippen molar-refractivity contribution in [1.82, 2.24) is 19.9 Å². The van der Waals surface area contributed by atoms with Gasteiger partial charge in [0.25, 0.3) is 0 Å². The predicted octanol–water partition coefficient (Wildman–Crippen LogP) is 4.50. The first-order chi connectivity index (χ1) is 13.8. The summed E-state index contributed by atoms with van der Waals surface area (Å²) in [7, 11) is 0. The van der Waals surface area contributed by atoms with Crippen LogP contribution in [0.2, 0.25) is 0 Å². The van der Waals surface area contributed by atoms with E-state index < -0.39 is 0 Å². The van der Waals surface area contributed by atoms with E-state index in [-0.39, 0.29) is 12.1 Å². The van der Waals surface area contributed by atoms with E-state index in [9.17, 15) is 4.79 Å². The molecule has 1 aliphatic rings. The molecule has 0 saturated carbocycles. The molecule has 5 nitrogen and oxygen atoms in total. The number of hydrogen-bond donors (Lipinski definition) is 0. The minimum Gasteiger partial charge on any atom is -0.318 e. The van der Waals surface area contributed by atoms with Gasteiger partial charge in [0.05, 0.1) is 0 Å². The Bertz CT molecular complexity index is 1120. The van der Waals surface area contributed by atoms with Crippen LogP contribution in [0.3, 0.4) is 0 Å². The molecule has 2 heterocycles. The highest BCUT2D eigenvalue weighted by molar-refractivity contribution is 7.99. The average molecular weight is 388 g/mol. The van der Waals surface area contributed by atoms with E-state index in [2.05, 4.69) is 52.7 Å². The van der Waals surface area contributed by atoms with E-state index >= 15 is 0 Å². The second-order valence-electron chi connectivity index (χ2n) is 6.97. The molecule has 1 atom stereocenters. The van der Waals surface area contributed by atoms with Gasteiger partial charge < -0.3 is 4.90 Å². The SMILES string of the molecule is O=C1CCC(n2nc3ccccc3n2)N1CCSc1ccc2ccccc2c1. The minimum atomic E-state index is -0.0860. The highest BCUT2D eigenvalue weighted by Gasteiger charge is 2.33. The molecule has 1 fully saturated rings. The van der Waals surface area contributed by atoms with Crippen LogP contribution in [-0.2, 0) is 4.79 Å². The lowest BCUT2D eigenvalue weighted by Gasteiger charge is -2.23. The molecule has 0 spiro atoms. The molecule has 0 aliphatic carbocycles. The average Bonchev–Trinajstić information content (AvgIpc) is 3.31. The van der Waals surface area contributed by atoms with Crippen molar-refractivity contribution in [3.8, 4) is 0 Å². The first-order valence-corrected chi connectivity index (χ1v) is 10.5. The molecule has 1 amide bonds. The lowest BCUT2D eigenvalue weighted by Crippen LogP contribution is -2.34. The molecule has 0 radical (unpaired) electrons. The largest absolute Gasteiger partial charge is 0.318 e. The van der Waals surface area contributed by atoms with Crippen LogP contribution < -0.4 is 0 Å². The van der Waals surface area contributed by atoms with Gasteiger partial charge in [-0.3, -0.25) is 4.79 Å². The van der Waals surface area contributed by atoms with Crippen LogP contribution in [0.5, 0.6) is 0 Å². The molecule has 5 rings (SSSR count). The normalized spacial score (nSPS) is 17.1. The van der Waals surface area contributed by atoms with E-state index in [0.717, 1.165) is 23.2 Å². The molecule has 0 N–H and O–H groups in total. The number of rotatable bonds is 5. The zero-order valence-electron chi connectivity index (χ0n) is 15.4. The van der Waals surface area contributed by atoms with Crippen molar-refractivity contribution in [3.05, 3.63) is 66.7 Å². The maximum absolute atomic E-state index is 12.4. The summed E-state index contributed by atoms with van der Waals surface area (Å²) in [6.07, 6.45) is 1.24. The summed E-state index contributed by atoms with van der Waals surface area (Å²) in [5, 5.41) is 11.7. The molecule has 3 aromatic carbocycles. The number of benzene rings is 3. The Labute approximate surface area is 167 Å². The monoisotopic (exact) mass is 388 g/mol. The van der Waals surface area contributed by atoms with Gasteiger partial charge in [0.1, 0.15) is 17.2 Å². The zero-order valence-corrected chi connectivity index (χ0v) is 16.2. The van der Waals surface area contributed by atoms with Gasteiger partial charge in [0, 0.05) is 23.6 Å². The number of hydrogen-bond acceptors (Lipinski definition) is 4. The minimum absolute atomic E-state index is 0.0860. The van der Waals surface area contributed by atoms with Crippen molar-refractivity contribution in [2.75, 3.05) is 12.3 Å². The smallest absolute Gasteiger partial charge is 0.224 e. The van der Waals surface area contributed by atoms with Crippen LogP contribution in [0.25, 0.3) is 21.8 Å². The molecule has 6 heteroatoms. The second kappa shape index (κ2) is 7.28. The number of amides is 1.